The number of aromatic nitrogens is 3. The lowest BCUT2D eigenvalue weighted by atomic mass is 10.2. The van der Waals surface area contributed by atoms with E-state index >= 15 is 0 Å². The summed E-state index contributed by atoms with van der Waals surface area (Å²) in [5.74, 6) is -0.261. The summed E-state index contributed by atoms with van der Waals surface area (Å²) in [6.45, 7) is 0.269. The molecule has 9 heteroatoms. The van der Waals surface area contributed by atoms with Gasteiger partial charge in [0.1, 0.15) is 5.82 Å². The normalized spacial score (nSPS) is 10.6. The molecule has 3 aromatic carbocycles. The molecule has 0 fully saturated rings. The monoisotopic (exact) mass is 491 g/mol. The van der Waals surface area contributed by atoms with Crippen LogP contribution in [0.5, 0.6) is 0 Å². The van der Waals surface area contributed by atoms with E-state index in [9.17, 15) is 9.18 Å². The van der Waals surface area contributed by atoms with Gasteiger partial charge in [-0.3, -0.25) is 9.36 Å². The van der Waals surface area contributed by atoms with Crippen molar-refractivity contribution in [3.8, 4) is 23.1 Å². The van der Waals surface area contributed by atoms with Crippen molar-refractivity contribution in [3.63, 3.8) is 0 Å². The molecule has 0 spiro atoms. The Balaban J connectivity index is 1.67. The lowest BCUT2D eigenvalue weighted by Crippen LogP contribution is -2.33. The first-order valence-electron chi connectivity index (χ1n) is 10.4. The highest BCUT2D eigenvalue weighted by Gasteiger charge is 2.22. The highest BCUT2D eigenvalue weighted by atomic mass is 35.5. The second kappa shape index (κ2) is 11.0. The number of carbonyl (C=O) groups is 1. The molecule has 170 valence electrons. The molecule has 6 nitrogen and oxygen atoms in total. The molecule has 4 aromatic rings. The molecular weight excluding hydrogens is 473 g/mol. The van der Waals surface area contributed by atoms with Crippen LogP contribution in [0.4, 0.5) is 10.1 Å². The van der Waals surface area contributed by atoms with Crippen LogP contribution in [0.2, 0.25) is 5.02 Å². The SMILES string of the molecule is N#CCCN(C(=O)CSc1nnc(-c2ccccc2Cl)n1-c1ccccc1F)c1ccccc1. The minimum Gasteiger partial charge on any atom is -0.311 e. The minimum atomic E-state index is -0.455. The van der Waals surface area contributed by atoms with E-state index in [0.717, 1.165) is 11.8 Å². The Morgan fingerprint density at radius 1 is 1.03 bits per heavy atom. The molecule has 0 saturated carbocycles. The van der Waals surface area contributed by atoms with E-state index < -0.39 is 5.82 Å². The van der Waals surface area contributed by atoms with Crippen molar-refractivity contribution >= 4 is 35.0 Å². The maximum absolute atomic E-state index is 14.8. The van der Waals surface area contributed by atoms with Crippen LogP contribution >= 0.6 is 23.4 Å². The van der Waals surface area contributed by atoms with Gasteiger partial charge in [0.25, 0.3) is 0 Å². The van der Waals surface area contributed by atoms with Crippen molar-refractivity contribution in [2.45, 2.75) is 11.6 Å². The summed E-state index contributed by atoms with van der Waals surface area (Å²) in [5, 5.41) is 18.3. The first kappa shape index (κ1) is 23.5. The molecule has 4 rings (SSSR count). The average molecular weight is 492 g/mol. The van der Waals surface area contributed by atoms with Gasteiger partial charge in [-0.25, -0.2) is 4.39 Å². The highest BCUT2D eigenvalue weighted by Crippen LogP contribution is 2.33. The number of hydrogen-bond donors (Lipinski definition) is 0. The maximum atomic E-state index is 14.8. The van der Waals surface area contributed by atoms with Crippen LogP contribution in [0, 0.1) is 17.1 Å². The topological polar surface area (TPSA) is 74.8 Å². The number of carbonyl (C=O) groups excluding carboxylic acids is 1. The number of nitrogens with zero attached hydrogens (tertiary/aromatic N) is 5. The van der Waals surface area contributed by atoms with Gasteiger partial charge in [0.05, 0.1) is 29.0 Å². The third-order valence-electron chi connectivity index (χ3n) is 4.98. The first-order valence-corrected chi connectivity index (χ1v) is 11.8. The lowest BCUT2D eigenvalue weighted by molar-refractivity contribution is -0.116. The summed E-state index contributed by atoms with van der Waals surface area (Å²) in [4.78, 5) is 14.7. The zero-order valence-corrected chi connectivity index (χ0v) is 19.5. The molecule has 0 unspecified atom stereocenters. The van der Waals surface area contributed by atoms with E-state index in [1.54, 1.807) is 45.9 Å². The minimum absolute atomic E-state index is 0.0232. The van der Waals surface area contributed by atoms with Crippen LogP contribution in [-0.2, 0) is 4.79 Å². The van der Waals surface area contributed by atoms with Gasteiger partial charge in [-0.15, -0.1) is 10.2 Å². The molecule has 1 amide bonds. The van der Waals surface area contributed by atoms with E-state index in [1.165, 1.54) is 6.07 Å². The second-order valence-electron chi connectivity index (χ2n) is 7.15. The Bertz CT molecular complexity index is 1340. The van der Waals surface area contributed by atoms with Crippen molar-refractivity contribution in [3.05, 3.63) is 89.7 Å². The van der Waals surface area contributed by atoms with Gasteiger partial charge in [-0.05, 0) is 36.4 Å². The molecular formula is C25H19ClFN5OS. The van der Waals surface area contributed by atoms with Crippen molar-refractivity contribution in [2.24, 2.45) is 0 Å². The zero-order chi connectivity index (χ0) is 23.9. The van der Waals surface area contributed by atoms with Gasteiger partial charge >= 0.3 is 0 Å². The molecule has 0 atom stereocenters. The molecule has 0 N–H and O–H groups in total. The number of rotatable bonds is 8. The van der Waals surface area contributed by atoms with Crippen LogP contribution in [0.25, 0.3) is 17.1 Å². The van der Waals surface area contributed by atoms with Crippen LogP contribution in [0.1, 0.15) is 6.42 Å². The van der Waals surface area contributed by atoms with Crippen LogP contribution in [-0.4, -0.2) is 33.0 Å². The fraction of sp³-hybridized carbons (Fsp3) is 0.120. The zero-order valence-electron chi connectivity index (χ0n) is 17.9. The quantitative estimate of drug-likeness (QED) is 0.293. The van der Waals surface area contributed by atoms with E-state index in [2.05, 4.69) is 16.3 Å². The Labute approximate surface area is 205 Å². The summed E-state index contributed by atoms with van der Waals surface area (Å²) in [6, 6.07) is 24.6. The fourth-order valence-electron chi connectivity index (χ4n) is 3.40. The predicted molar refractivity (Wildman–Crippen MR) is 132 cm³/mol. The van der Waals surface area contributed by atoms with E-state index in [-0.39, 0.29) is 30.3 Å². The summed E-state index contributed by atoms with van der Waals surface area (Å²) >= 11 is 7.53. The summed E-state index contributed by atoms with van der Waals surface area (Å²) in [5.41, 5.74) is 1.55. The molecule has 0 aliphatic heterocycles. The van der Waals surface area contributed by atoms with Crippen molar-refractivity contribution in [1.29, 1.82) is 5.26 Å². The average Bonchev–Trinajstić information content (AvgIpc) is 3.27. The van der Waals surface area contributed by atoms with Crippen LogP contribution < -0.4 is 4.90 Å². The molecule has 0 aliphatic rings. The molecule has 0 radical (unpaired) electrons. The Morgan fingerprint density at radius 2 is 1.74 bits per heavy atom. The van der Waals surface area contributed by atoms with Gasteiger partial charge in [0, 0.05) is 17.8 Å². The van der Waals surface area contributed by atoms with Crippen molar-refractivity contribution in [2.75, 3.05) is 17.2 Å². The van der Waals surface area contributed by atoms with E-state index in [0.29, 0.717) is 27.3 Å². The van der Waals surface area contributed by atoms with Crippen LogP contribution in [0.3, 0.4) is 0 Å². The first-order chi connectivity index (χ1) is 16.6. The highest BCUT2D eigenvalue weighted by molar-refractivity contribution is 7.99. The van der Waals surface area contributed by atoms with Crippen molar-refractivity contribution in [1.82, 2.24) is 14.8 Å². The summed E-state index contributed by atoms with van der Waals surface area (Å²) in [7, 11) is 0. The number of hydrogen-bond acceptors (Lipinski definition) is 5. The van der Waals surface area contributed by atoms with Crippen LogP contribution in [0.15, 0.2) is 84.0 Å². The van der Waals surface area contributed by atoms with Crippen molar-refractivity contribution < 1.29 is 9.18 Å². The fourth-order valence-corrected chi connectivity index (χ4v) is 4.44. The molecule has 34 heavy (non-hydrogen) atoms. The number of thioether (sulfide) groups is 1. The summed E-state index contributed by atoms with van der Waals surface area (Å²) in [6.07, 6.45) is 0.202. The Kier molecular flexibility index (Phi) is 7.58. The van der Waals surface area contributed by atoms with E-state index in [4.69, 9.17) is 16.9 Å². The lowest BCUT2D eigenvalue weighted by Gasteiger charge is -2.21. The summed E-state index contributed by atoms with van der Waals surface area (Å²) < 4.78 is 16.4. The van der Waals surface area contributed by atoms with Gasteiger partial charge in [0.15, 0.2) is 11.0 Å². The third kappa shape index (κ3) is 5.11. The van der Waals surface area contributed by atoms with Gasteiger partial charge in [-0.1, -0.05) is 65.8 Å². The largest absolute Gasteiger partial charge is 0.311 e. The van der Waals surface area contributed by atoms with Gasteiger partial charge < -0.3 is 4.90 Å². The van der Waals surface area contributed by atoms with Gasteiger partial charge in [-0.2, -0.15) is 5.26 Å². The second-order valence-corrected chi connectivity index (χ2v) is 8.50. The Morgan fingerprint density at radius 3 is 2.47 bits per heavy atom. The molecule has 0 saturated heterocycles. The molecule has 0 bridgehead atoms. The smallest absolute Gasteiger partial charge is 0.237 e. The molecule has 1 aromatic heterocycles. The predicted octanol–water partition coefficient (Wildman–Crippen LogP) is 5.77. The van der Waals surface area contributed by atoms with Gasteiger partial charge in [0.2, 0.25) is 5.91 Å². The maximum Gasteiger partial charge on any atom is 0.237 e. The number of nitriles is 1. The number of para-hydroxylation sites is 2. The number of benzene rings is 3. The standard InChI is InChI=1S/C25H19ClFN5OS/c26-20-12-5-4-11-19(20)24-29-30-25(32(24)22-14-7-6-13-21(22)27)34-17-23(33)31(16-8-15-28)18-9-2-1-3-10-18/h1-7,9-14H,8,16-17H2. The number of amides is 1. The molecule has 0 aliphatic carbocycles. The third-order valence-corrected chi connectivity index (χ3v) is 6.23. The Hall–Kier alpha value is -3.67. The van der Waals surface area contributed by atoms with E-state index in [1.807, 2.05) is 36.4 Å². The number of anilines is 1. The molecule has 1 heterocycles. The number of halogens is 2.